The van der Waals surface area contributed by atoms with Crippen molar-refractivity contribution in [3.63, 3.8) is 0 Å². The minimum atomic E-state index is -0.441. The van der Waals surface area contributed by atoms with Gasteiger partial charge in [0.05, 0.1) is 11.3 Å². The minimum Gasteiger partial charge on any atom is -0.483 e. The van der Waals surface area contributed by atoms with Crippen LogP contribution in [0.2, 0.25) is 0 Å². The van der Waals surface area contributed by atoms with E-state index in [2.05, 4.69) is 16.0 Å². The van der Waals surface area contributed by atoms with Crippen LogP contribution in [-0.2, 0) is 11.8 Å². The predicted octanol–water partition coefficient (Wildman–Crippen LogP) is 1.49. The lowest BCUT2D eigenvalue weighted by atomic mass is 10.1. The van der Waals surface area contributed by atoms with Crippen LogP contribution in [0, 0.1) is 27.7 Å². The van der Waals surface area contributed by atoms with E-state index in [1.807, 2.05) is 32.0 Å². The molecule has 0 bridgehead atoms. The average Bonchev–Trinajstić information content (AvgIpc) is 2.78. The molecule has 0 aliphatic rings. The zero-order valence-corrected chi connectivity index (χ0v) is 14.6. The van der Waals surface area contributed by atoms with Gasteiger partial charge in [-0.05, 0) is 44.9 Å². The molecule has 0 atom stereocenters. The Kier molecular flexibility index (Phi) is 5.23. The number of hydrogen-bond donors (Lipinski definition) is 2. The Morgan fingerprint density at radius 2 is 1.88 bits per heavy atom. The van der Waals surface area contributed by atoms with Gasteiger partial charge in [0.2, 0.25) is 0 Å². The normalized spacial score (nSPS) is 10.4. The summed E-state index contributed by atoms with van der Waals surface area (Å²) in [5.41, 5.74) is 8.51. The highest BCUT2D eigenvalue weighted by molar-refractivity contribution is 5.97. The molecule has 7 heteroatoms. The van der Waals surface area contributed by atoms with Crippen LogP contribution in [0.3, 0.4) is 0 Å². The van der Waals surface area contributed by atoms with Gasteiger partial charge >= 0.3 is 0 Å². The highest BCUT2D eigenvalue weighted by Gasteiger charge is 2.17. The minimum absolute atomic E-state index is 0.185. The van der Waals surface area contributed by atoms with Crippen LogP contribution >= 0.6 is 0 Å². The number of aryl methyl sites for hydroxylation is 4. The van der Waals surface area contributed by atoms with Gasteiger partial charge in [0, 0.05) is 12.7 Å². The quantitative estimate of drug-likeness (QED) is 0.832. The number of aromatic nitrogens is 2. The van der Waals surface area contributed by atoms with Crippen LogP contribution in [-0.4, -0.2) is 28.2 Å². The van der Waals surface area contributed by atoms with Gasteiger partial charge < -0.3 is 4.74 Å². The number of carbonyl (C=O) groups is 2. The molecule has 1 aromatic carbocycles. The fraction of sp³-hybridized carbons (Fsp3) is 0.353. The number of amides is 2. The van der Waals surface area contributed by atoms with E-state index >= 15 is 0 Å². The Labute approximate surface area is 141 Å². The monoisotopic (exact) mass is 330 g/mol. The van der Waals surface area contributed by atoms with E-state index in [-0.39, 0.29) is 6.61 Å². The van der Waals surface area contributed by atoms with Crippen molar-refractivity contribution in [3.8, 4) is 5.75 Å². The van der Waals surface area contributed by atoms with Crippen molar-refractivity contribution in [2.45, 2.75) is 27.7 Å². The first-order chi connectivity index (χ1) is 11.3. The number of nitrogens with one attached hydrogen (secondary N) is 2. The topological polar surface area (TPSA) is 85.2 Å². The maximum Gasteiger partial charge on any atom is 0.276 e. The summed E-state index contributed by atoms with van der Waals surface area (Å²) in [7, 11) is 1.76. The third kappa shape index (κ3) is 3.92. The Hall–Kier alpha value is -2.83. The molecule has 24 heavy (non-hydrogen) atoms. The van der Waals surface area contributed by atoms with Gasteiger partial charge in [-0.1, -0.05) is 12.1 Å². The van der Waals surface area contributed by atoms with E-state index in [1.54, 1.807) is 25.6 Å². The van der Waals surface area contributed by atoms with Crippen LogP contribution in [0.4, 0.5) is 0 Å². The molecule has 7 nitrogen and oxygen atoms in total. The van der Waals surface area contributed by atoms with Gasteiger partial charge in [-0.15, -0.1) is 0 Å². The standard InChI is InChI=1S/C17H22N4O3/c1-10-6-7-11(2)14(8-10)24-9-15(22)18-19-17(23)16-12(3)20-21(5)13(16)4/h6-8H,9H2,1-5H3,(H,18,22)(H,19,23). The lowest BCUT2D eigenvalue weighted by molar-refractivity contribution is -0.123. The fourth-order valence-corrected chi connectivity index (χ4v) is 2.33. The SMILES string of the molecule is Cc1ccc(C)c(OCC(=O)NNC(=O)c2c(C)nn(C)c2C)c1. The zero-order chi connectivity index (χ0) is 17.9. The van der Waals surface area contributed by atoms with Gasteiger partial charge in [0.25, 0.3) is 11.8 Å². The molecule has 0 fully saturated rings. The summed E-state index contributed by atoms with van der Waals surface area (Å²) in [5, 5.41) is 4.17. The number of ether oxygens (including phenoxy) is 1. The van der Waals surface area contributed by atoms with Crippen LogP contribution in [0.15, 0.2) is 18.2 Å². The summed E-state index contributed by atoms with van der Waals surface area (Å²) in [6.07, 6.45) is 0. The van der Waals surface area contributed by atoms with Crippen LogP contribution in [0.1, 0.15) is 32.9 Å². The lowest BCUT2D eigenvalue weighted by Crippen LogP contribution is -2.44. The molecule has 0 aliphatic carbocycles. The molecule has 2 amide bonds. The Bertz CT molecular complexity index is 780. The maximum atomic E-state index is 12.2. The van der Waals surface area contributed by atoms with Crippen molar-refractivity contribution < 1.29 is 14.3 Å². The molecule has 2 aromatic rings. The van der Waals surface area contributed by atoms with Gasteiger partial charge in [-0.3, -0.25) is 25.1 Å². The summed E-state index contributed by atoms with van der Waals surface area (Å²) in [5.74, 6) is -0.197. The van der Waals surface area contributed by atoms with E-state index in [0.717, 1.165) is 16.8 Å². The van der Waals surface area contributed by atoms with Gasteiger partial charge in [-0.2, -0.15) is 5.10 Å². The van der Waals surface area contributed by atoms with Crippen LogP contribution in [0.5, 0.6) is 5.75 Å². The highest BCUT2D eigenvalue weighted by atomic mass is 16.5. The van der Waals surface area contributed by atoms with Crippen molar-refractivity contribution in [1.82, 2.24) is 20.6 Å². The maximum absolute atomic E-state index is 12.2. The molecule has 128 valence electrons. The van der Waals surface area contributed by atoms with Crippen LogP contribution in [0.25, 0.3) is 0 Å². The van der Waals surface area contributed by atoms with Gasteiger partial charge in [0.15, 0.2) is 6.61 Å². The van der Waals surface area contributed by atoms with Crippen molar-refractivity contribution in [1.29, 1.82) is 0 Å². The predicted molar refractivity (Wildman–Crippen MR) is 89.7 cm³/mol. The van der Waals surface area contributed by atoms with Crippen LogP contribution < -0.4 is 15.6 Å². The first-order valence-electron chi connectivity index (χ1n) is 7.59. The number of benzene rings is 1. The third-order valence-corrected chi connectivity index (χ3v) is 3.75. The van der Waals surface area contributed by atoms with E-state index < -0.39 is 11.8 Å². The van der Waals surface area contributed by atoms with Crippen molar-refractivity contribution in [2.75, 3.05) is 6.61 Å². The average molecular weight is 330 g/mol. The molecule has 2 rings (SSSR count). The molecule has 2 N–H and O–H groups in total. The number of carbonyl (C=O) groups excluding carboxylic acids is 2. The molecule has 1 aromatic heterocycles. The number of hydrogen-bond acceptors (Lipinski definition) is 4. The summed E-state index contributed by atoms with van der Waals surface area (Å²) in [6.45, 7) is 7.21. The van der Waals surface area contributed by atoms with Crippen molar-refractivity contribution >= 4 is 11.8 Å². The summed E-state index contributed by atoms with van der Waals surface area (Å²) in [4.78, 5) is 24.0. The lowest BCUT2D eigenvalue weighted by Gasteiger charge is -2.11. The third-order valence-electron chi connectivity index (χ3n) is 3.75. The molecule has 0 unspecified atom stereocenters. The number of hydrazine groups is 1. The van der Waals surface area contributed by atoms with E-state index in [1.165, 1.54) is 0 Å². The Morgan fingerprint density at radius 3 is 2.50 bits per heavy atom. The van der Waals surface area contributed by atoms with E-state index in [0.29, 0.717) is 17.0 Å². The number of nitrogens with zero attached hydrogens (tertiary/aromatic N) is 2. The second-order valence-corrected chi connectivity index (χ2v) is 5.73. The molecular formula is C17H22N4O3. The second kappa shape index (κ2) is 7.16. The largest absolute Gasteiger partial charge is 0.483 e. The van der Waals surface area contributed by atoms with E-state index in [9.17, 15) is 9.59 Å². The summed E-state index contributed by atoms with van der Waals surface area (Å²) in [6, 6.07) is 5.77. The fourth-order valence-electron chi connectivity index (χ4n) is 2.33. The molecule has 0 radical (unpaired) electrons. The Balaban J connectivity index is 1.89. The van der Waals surface area contributed by atoms with Crippen molar-refractivity contribution in [3.05, 3.63) is 46.3 Å². The molecular weight excluding hydrogens is 308 g/mol. The van der Waals surface area contributed by atoms with E-state index in [4.69, 9.17) is 4.74 Å². The molecule has 0 aliphatic heterocycles. The molecule has 1 heterocycles. The zero-order valence-electron chi connectivity index (χ0n) is 14.6. The Morgan fingerprint density at radius 1 is 1.17 bits per heavy atom. The number of rotatable bonds is 4. The van der Waals surface area contributed by atoms with Crippen molar-refractivity contribution in [2.24, 2.45) is 7.05 Å². The second-order valence-electron chi connectivity index (χ2n) is 5.73. The molecule has 0 spiro atoms. The smallest absolute Gasteiger partial charge is 0.276 e. The molecule has 0 saturated carbocycles. The highest BCUT2D eigenvalue weighted by Crippen LogP contribution is 2.18. The first-order valence-corrected chi connectivity index (χ1v) is 7.59. The van der Waals surface area contributed by atoms with Gasteiger partial charge in [0.1, 0.15) is 5.75 Å². The molecule has 0 saturated heterocycles. The summed E-state index contributed by atoms with van der Waals surface area (Å²) >= 11 is 0. The summed E-state index contributed by atoms with van der Waals surface area (Å²) < 4.78 is 7.11. The first kappa shape index (κ1) is 17.5. The van der Waals surface area contributed by atoms with Gasteiger partial charge in [-0.25, -0.2) is 0 Å².